The molecule has 1 amide bonds. The van der Waals surface area contributed by atoms with Gasteiger partial charge in [-0.25, -0.2) is 0 Å². The van der Waals surface area contributed by atoms with Crippen LogP contribution in [0.4, 0.5) is 0 Å². The van der Waals surface area contributed by atoms with Crippen LogP contribution in [0, 0.1) is 0 Å². The van der Waals surface area contributed by atoms with Gasteiger partial charge in [-0.1, -0.05) is 25.3 Å². The maximum Gasteiger partial charge on any atom is 0.244 e. The van der Waals surface area contributed by atoms with Gasteiger partial charge in [-0.05, 0) is 43.0 Å². The number of amides is 1. The third kappa shape index (κ3) is 5.78. The van der Waals surface area contributed by atoms with Crippen LogP contribution in [-0.2, 0) is 9.53 Å². The lowest BCUT2D eigenvalue weighted by Crippen LogP contribution is -2.24. The zero-order valence-corrected chi connectivity index (χ0v) is 14.7. The second-order valence-corrected chi connectivity index (χ2v) is 6.51. The average Bonchev–Trinajstić information content (AvgIpc) is 2.67. The van der Waals surface area contributed by atoms with E-state index in [4.69, 9.17) is 14.2 Å². The number of ether oxygens (including phenoxy) is 3. The minimum atomic E-state index is -0.0902. The Morgan fingerprint density at radius 2 is 1.96 bits per heavy atom. The minimum Gasteiger partial charge on any atom is -0.486 e. The van der Waals surface area contributed by atoms with Gasteiger partial charge in [-0.3, -0.25) is 4.79 Å². The SMILES string of the molecule is O=C(/C=C/c1ccc2c(c1)OCCO2)NCCCOC1CCCCC1. The Kier molecular flexibility index (Phi) is 6.74. The van der Waals surface area contributed by atoms with Gasteiger partial charge in [-0.2, -0.15) is 0 Å². The van der Waals surface area contributed by atoms with Crippen molar-refractivity contribution in [2.75, 3.05) is 26.4 Å². The highest BCUT2D eigenvalue weighted by Crippen LogP contribution is 2.31. The van der Waals surface area contributed by atoms with Crippen LogP contribution in [0.25, 0.3) is 6.08 Å². The molecule has 1 aliphatic carbocycles. The van der Waals surface area contributed by atoms with E-state index >= 15 is 0 Å². The van der Waals surface area contributed by atoms with Crippen molar-refractivity contribution in [1.29, 1.82) is 0 Å². The molecule has 5 heteroatoms. The van der Waals surface area contributed by atoms with E-state index < -0.39 is 0 Å². The van der Waals surface area contributed by atoms with Crippen molar-refractivity contribution in [3.8, 4) is 11.5 Å². The largest absolute Gasteiger partial charge is 0.486 e. The first-order valence-corrected chi connectivity index (χ1v) is 9.28. The first kappa shape index (κ1) is 17.8. The number of rotatable bonds is 7. The zero-order chi connectivity index (χ0) is 17.3. The van der Waals surface area contributed by atoms with Crippen molar-refractivity contribution in [3.63, 3.8) is 0 Å². The topological polar surface area (TPSA) is 56.8 Å². The van der Waals surface area contributed by atoms with Crippen molar-refractivity contribution in [3.05, 3.63) is 29.8 Å². The van der Waals surface area contributed by atoms with Crippen LogP contribution in [0.15, 0.2) is 24.3 Å². The van der Waals surface area contributed by atoms with Crippen LogP contribution in [0.2, 0.25) is 0 Å². The summed E-state index contributed by atoms with van der Waals surface area (Å²) < 4.78 is 16.9. The Labute approximate surface area is 149 Å². The van der Waals surface area contributed by atoms with Gasteiger partial charge in [0.25, 0.3) is 0 Å². The summed E-state index contributed by atoms with van der Waals surface area (Å²) in [5.41, 5.74) is 0.917. The van der Waals surface area contributed by atoms with Crippen LogP contribution in [-0.4, -0.2) is 38.4 Å². The molecule has 1 saturated carbocycles. The standard InChI is InChI=1S/C20H27NO4/c22-20(21-11-4-12-23-17-5-2-1-3-6-17)10-8-16-7-9-18-19(15-16)25-14-13-24-18/h7-10,15,17H,1-6,11-14H2,(H,21,22)/b10-8+. The fraction of sp³-hybridized carbons (Fsp3) is 0.550. The molecule has 1 fully saturated rings. The molecular formula is C20H27NO4. The molecule has 1 aromatic rings. The summed E-state index contributed by atoms with van der Waals surface area (Å²) in [6.07, 6.45) is 10.9. The number of carbonyl (C=O) groups is 1. The molecule has 1 heterocycles. The van der Waals surface area contributed by atoms with Crippen molar-refractivity contribution >= 4 is 12.0 Å². The van der Waals surface area contributed by atoms with Crippen LogP contribution >= 0.6 is 0 Å². The van der Waals surface area contributed by atoms with Crippen molar-refractivity contribution in [1.82, 2.24) is 5.32 Å². The highest BCUT2D eigenvalue weighted by Gasteiger charge is 2.13. The molecule has 0 unspecified atom stereocenters. The van der Waals surface area contributed by atoms with Crippen LogP contribution < -0.4 is 14.8 Å². The van der Waals surface area contributed by atoms with Crippen molar-refractivity contribution in [2.45, 2.75) is 44.6 Å². The summed E-state index contributed by atoms with van der Waals surface area (Å²) in [5.74, 6) is 1.40. The van der Waals surface area contributed by atoms with Crippen molar-refractivity contribution in [2.24, 2.45) is 0 Å². The van der Waals surface area contributed by atoms with E-state index in [0.29, 0.717) is 25.9 Å². The fourth-order valence-electron chi connectivity index (χ4n) is 3.16. The summed E-state index contributed by atoms with van der Waals surface area (Å²) in [6, 6.07) is 5.67. The predicted molar refractivity (Wildman–Crippen MR) is 96.9 cm³/mol. The Bertz CT molecular complexity index is 593. The Morgan fingerprint density at radius 1 is 1.16 bits per heavy atom. The highest BCUT2D eigenvalue weighted by atomic mass is 16.6. The number of hydrogen-bond donors (Lipinski definition) is 1. The molecule has 1 aliphatic heterocycles. The summed E-state index contributed by atoms with van der Waals surface area (Å²) in [5, 5.41) is 2.89. The quantitative estimate of drug-likeness (QED) is 0.608. The Hall–Kier alpha value is -2.01. The summed E-state index contributed by atoms with van der Waals surface area (Å²) >= 11 is 0. The smallest absolute Gasteiger partial charge is 0.244 e. The number of benzene rings is 1. The van der Waals surface area contributed by atoms with Gasteiger partial charge in [-0.15, -0.1) is 0 Å². The zero-order valence-electron chi connectivity index (χ0n) is 14.7. The first-order chi connectivity index (χ1) is 12.3. The minimum absolute atomic E-state index is 0.0902. The van der Waals surface area contributed by atoms with E-state index in [-0.39, 0.29) is 5.91 Å². The molecule has 2 aliphatic rings. The predicted octanol–water partition coefficient (Wildman–Crippen LogP) is 3.33. The Morgan fingerprint density at radius 3 is 2.80 bits per heavy atom. The van der Waals surface area contributed by atoms with Gasteiger partial charge in [0.2, 0.25) is 5.91 Å². The lowest BCUT2D eigenvalue weighted by atomic mass is 9.98. The normalized spacial score (nSPS) is 17.6. The fourth-order valence-corrected chi connectivity index (χ4v) is 3.16. The van der Waals surface area contributed by atoms with E-state index in [0.717, 1.165) is 30.1 Å². The molecule has 0 aromatic heterocycles. The van der Waals surface area contributed by atoms with E-state index in [1.54, 1.807) is 12.2 Å². The summed E-state index contributed by atoms with van der Waals surface area (Å²) in [4.78, 5) is 11.9. The molecule has 0 bridgehead atoms. The molecular weight excluding hydrogens is 318 g/mol. The number of hydrogen-bond acceptors (Lipinski definition) is 4. The molecule has 136 valence electrons. The molecule has 5 nitrogen and oxygen atoms in total. The molecule has 1 aromatic carbocycles. The lowest BCUT2D eigenvalue weighted by Gasteiger charge is -2.21. The third-order valence-electron chi connectivity index (χ3n) is 4.52. The second kappa shape index (κ2) is 9.47. The number of fused-ring (bicyclic) bond motifs is 1. The molecule has 0 atom stereocenters. The maximum atomic E-state index is 11.9. The van der Waals surface area contributed by atoms with Crippen LogP contribution in [0.3, 0.4) is 0 Å². The highest BCUT2D eigenvalue weighted by molar-refractivity contribution is 5.91. The van der Waals surface area contributed by atoms with Gasteiger partial charge in [0.1, 0.15) is 13.2 Å². The van der Waals surface area contributed by atoms with Gasteiger partial charge in [0.05, 0.1) is 6.10 Å². The first-order valence-electron chi connectivity index (χ1n) is 9.28. The molecule has 1 N–H and O–H groups in total. The molecule has 25 heavy (non-hydrogen) atoms. The molecule has 3 rings (SSSR count). The number of carbonyl (C=O) groups excluding carboxylic acids is 1. The molecule has 0 saturated heterocycles. The van der Waals surface area contributed by atoms with Gasteiger partial charge in [0.15, 0.2) is 11.5 Å². The van der Waals surface area contributed by atoms with Gasteiger partial charge >= 0.3 is 0 Å². The molecule has 0 spiro atoms. The van der Waals surface area contributed by atoms with Crippen LogP contribution in [0.5, 0.6) is 11.5 Å². The Balaban J connectivity index is 1.34. The van der Waals surface area contributed by atoms with E-state index in [1.807, 2.05) is 18.2 Å². The average molecular weight is 345 g/mol. The summed E-state index contributed by atoms with van der Waals surface area (Å²) in [6.45, 7) is 2.49. The monoisotopic (exact) mass is 345 g/mol. The van der Waals surface area contributed by atoms with Gasteiger partial charge < -0.3 is 19.5 Å². The van der Waals surface area contributed by atoms with E-state index in [2.05, 4.69) is 5.32 Å². The molecule has 0 radical (unpaired) electrons. The lowest BCUT2D eigenvalue weighted by molar-refractivity contribution is -0.116. The maximum absolute atomic E-state index is 11.9. The van der Waals surface area contributed by atoms with Crippen molar-refractivity contribution < 1.29 is 19.0 Å². The third-order valence-corrected chi connectivity index (χ3v) is 4.52. The second-order valence-electron chi connectivity index (χ2n) is 6.51. The number of nitrogens with one attached hydrogen (secondary N) is 1. The van der Waals surface area contributed by atoms with E-state index in [1.165, 1.54) is 32.1 Å². The summed E-state index contributed by atoms with van der Waals surface area (Å²) in [7, 11) is 0. The van der Waals surface area contributed by atoms with Gasteiger partial charge in [0, 0.05) is 19.2 Å². The van der Waals surface area contributed by atoms with Crippen LogP contribution in [0.1, 0.15) is 44.1 Å². The van der Waals surface area contributed by atoms with E-state index in [9.17, 15) is 4.79 Å².